The molecule has 0 bridgehead atoms. The summed E-state index contributed by atoms with van der Waals surface area (Å²) in [5.41, 5.74) is 1.92. The van der Waals surface area contributed by atoms with Gasteiger partial charge >= 0.3 is 0 Å². The Balaban J connectivity index is 1.76. The summed E-state index contributed by atoms with van der Waals surface area (Å²) in [7, 11) is 0. The van der Waals surface area contributed by atoms with Crippen molar-refractivity contribution in [3.8, 4) is 5.69 Å². The molecule has 1 aliphatic rings. The fourth-order valence-corrected chi connectivity index (χ4v) is 3.07. The molecule has 0 atom stereocenters. The lowest BCUT2D eigenvalue weighted by molar-refractivity contribution is 0.0944. The fourth-order valence-electron chi connectivity index (χ4n) is 3.07. The number of nitrogens with one attached hydrogen (secondary N) is 1. The second kappa shape index (κ2) is 6.22. The Labute approximate surface area is 124 Å². The summed E-state index contributed by atoms with van der Waals surface area (Å²) in [6, 6.07) is 7.95. The molecule has 2 N–H and O–H groups in total. The Kier molecular flexibility index (Phi) is 4.15. The standard InChI is InChI=1S/C15H21N5O/c21-11-15(8-4-1-5-9-15)10-16-13-6-2-3-7-14(13)20-12-17-18-19-20/h2-3,6-7,12,16,21H,1,4-5,8-11H2. The number of anilines is 1. The molecule has 0 saturated heterocycles. The average molecular weight is 287 g/mol. The lowest BCUT2D eigenvalue weighted by Gasteiger charge is -2.36. The molecular weight excluding hydrogens is 266 g/mol. The third-order valence-corrected chi connectivity index (χ3v) is 4.40. The van der Waals surface area contributed by atoms with Gasteiger partial charge in [0.2, 0.25) is 0 Å². The maximum atomic E-state index is 9.80. The van der Waals surface area contributed by atoms with Crippen LogP contribution in [0.5, 0.6) is 0 Å². The first kappa shape index (κ1) is 14.0. The lowest BCUT2D eigenvalue weighted by atomic mass is 9.74. The molecule has 6 heteroatoms. The number of benzene rings is 1. The van der Waals surface area contributed by atoms with Gasteiger partial charge in [0, 0.05) is 12.0 Å². The zero-order valence-corrected chi connectivity index (χ0v) is 12.1. The SMILES string of the molecule is OCC1(CNc2ccccc2-n2cnnn2)CCCCC1. The van der Waals surface area contributed by atoms with Gasteiger partial charge in [0.05, 0.1) is 18.0 Å². The van der Waals surface area contributed by atoms with Crippen LogP contribution in [-0.4, -0.2) is 38.5 Å². The van der Waals surface area contributed by atoms with Crippen LogP contribution in [0, 0.1) is 5.41 Å². The molecule has 1 heterocycles. The Morgan fingerprint density at radius 1 is 1.19 bits per heavy atom. The van der Waals surface area contributed by atoms with Crippen LogP contribution in [0.2, 0.25) is 0 Å². The van der Waals surface area contributed by atoms with Gasteiger partial charge in [-0.05, 0) is 35.4 Å². The third kappa shape index (κ3) is 3.05. The van der Waals surface area contributed by atoms with E-state index >= 15 is 0 Å². The Bertz CT molecular complexity index is 563. The average Bonchev–Trinajstić information content (AvgIpc) is 3.08. The first-order valence-corrected chi connectivity index (χ1v) is 7.50. The predicted octanol–water partition coefficient (Wildman–Crippen LogP) is 2.02. The van der Waals surface area contributed by atoms with Crippen molar-refractivity contribution in [2.75, 3.05) is 18.5 Å². The number of tetrazole rings is 1. The van der Waals surface area contributed by atoms with E-state index in [2.05, 4.69) is 20.8 Å². The number of rotatable bonds is 5. The quantitative estimate of drug-likeness (QED) is 0.880. The van der Waals surface area contributed by atoms with Crippen LogP contribution in [-0.2, 0) is 0 Å². The summed E-state index contributed by atoms with van der Waals surface area (Å²) in [6.07, 6.45) is 7.45. The number of aliphatic hydroxyl groups excluding tert-OH is 1. The Hall–Kier alpha value is -1.95. The van der Waals surface area contributed by atoms with Gasteiger partial charge in [0.15, 0.2) is 0 Å². The molecule has 0 radical (unpaired) electrons. The van der Waals surface area contributed by atoms with Crippen molar-refractivity contribution < 1.29 is 5.11 Å². The molecule has 1 saturated carbocycles. The van der Waals surface area contributed by atoms with E-state index in [1.165, 1.54) is 19.3 Å². The maximum Gasteiger partial charge on any atom is 0.143 e. The summed E-state index contributed by atoms with van der Waals surface area (Å²) in [5.74, 6) is 0. The highest BCUT2D eigenvalue weighted by atomic mass is 16.3. The molecule has 0 aliphatic heterocycles. The van der Waals surface area contributed by atoms with Gasteiger partial charge in [-0.1, -0.05) is 31.4 Å². The minimum atomic E-state index is 0.00593. The van der Waals surface area contributed by atoms with Crippen molar-refractivity contribution in [1.82, 2.24) is 20.2 Å². The highest BCUT2D eigenvalue weighted by Gasteiger charge is 2.31. The maximum absolute atomic E-state index is 9.80. The van der Waals surface area contributed by atoms with E-state index < -0.39 is 0 Å². The summed E-state index contributed by atoms with van der Waals surface area (Å²) in [5, 5.41) is 24.6. The number of nitrogens with zero attached hydrogens (tertiary/aromatic N) is 4. The molecule has 112 valence electrons. The molecule has 1 aliphatic carbocycles. The third-order valence-electron chi connectivity index (χ3n) is 4.40. The minimum Gasteiger partial charge on any atom is -0.396 e. The fraction of sp³-hybridized carbons (Fsp3) is 0.533. The highest BCUT2D eigenvalue weighted by molar-refractivity contribution is 5.60. The van der Waals surface area contributed by atoms with Gasteiger partial charge < -0.3 is 10.4 Å². The second-order valence-electron chi connectivity index (χ2n) is 5.84. The van der Waals surface area contributed by atoms with Gasteiger partial charge in [-0.25, -0.2) is 0 Å². The summed E-state index contributed by atoms with van der Waals surface area (Å²) < 4.78 is 1.65. The number of aromatic nitrogens is 4. The highest BCUT2D eigenvalue weighted by Crippen LogP contribution is 2.36. The number of hydrogen-bond acceptors (Lipinski definition) is 5. The summed E-state index contributed by atoms with van der Waals surface area (Å²) in [6.45, 7) is 1.02. The van der Waals surface area contributed by atoms with Crippen LogP contribution in [0.3, 0.4) is 0 Å². The first-order chi connectivity index (χ1) is 10.3. The molecule has 2 aromatic rings. The van der Waals surface area contributed by atoms with Crippen molar-refractivity contribution in [3.63, 3.8) is 0 Å². The smallest absolute Gasteiger partial charge is 0.143 e. The van der Waals surface area contributed by atoms with Gasteiger partial charge in [-0.15, -0.1) is 5.10 Å². The van der Waals surface area contributed by atoms with E-state index in [-0.39, 0.29) is 12.0 Å². The molecule has 1 aromatic heterocycles. The molecule has 0 spiro atoms. The van der Waals surface area contributed by atoms with E-state index in [0.29, 0.717) is 0 Å². The number of para-hydroxylation sites is 2. The van der Waals surface area contributed by atoms with Crippen LogP contribution in [0.15, 0.2) is 30.6 Å². The van der Waals surface area contributed by atoms with Crippen molar-refractivity contribution in [2.24, 2.45) is 5.41 Å². The largest absolute Gasteiger partial charge is 0.396 e. The molecule has 1 aromatic carbocycles. The number of hydrogen-bond donors (Lipinski definition) is 2. The van der Waals surface area contributed by atoms with Gasteiger partial charge in [-0.2, -0.15) is 4.68 Å². The Morgan fingerprint density at radius 3 is 2.71 bits per heavy atom. The normalized spacial score (nSPS) is 17.6. The molecule has 0 unspecified atom stereocenters. The van der Waals surface area contributed by atoms with E-state index in [4.69, 9.17) is 0 Å². The van der Waals surface area contributed by atoms with E-state index in [1.54, 1.807) is 11.0 Å². The van der Waals surface area contributed by atoms with E-state index in [0.717, 1.165) is 30.8 Å². The topological polar surface area (TPSA) is 75.9 Å². The second-order valence-corrected chi connectivity index (χ2v) is 5.84. The molecule has 21 heavy (non-hydrogen) atoms. The molecule has 6 nitrogen and oxygen atoms in total. The molecule has 3 rings (SSSR count). The van der Waals surface area contributed by atoms with Crippen molar-refractivity contribution in [2.45, 2.75) is 32.1 Å². The van der Waals surface area contributed by atoms with Crippen LogP contribution < -0.4 is 5.32 Å². The van der Waals surface area contributed by atoms with Crippen molar-refractivity contribution in [1.29, 1.82) is 0 Å². The monoisotopic (exact) mass is 287 g/mol. The van der Waals surface area contributed by atoms with E-state index in [9.17, 15) is 5.11 Å². The van der Waals surface area contributed by atoms with Crippen molar-refractivity contribution in [3.05, 3.63) is 30.6 Å². The van der Waals surface area contributed by atoms with Crippen LogP contribution >= 0.6 is 0 Å². The molecule has 0 amide bonds. The minimum absolute atomic E-state index is 0.00593. The van der Waals surface area contributed by atoms with Gasteiger partial charge in [-0.3, -0.25) is 0 Å². The first-order valence-electron chi connectivity index (χ1n) is 7.50. The van der Waals surface area contributed by atoms with Gasteiger partial charge in [0.1, 0.15) is 6.33 Å². The van der Waals surface area contributed by atoms with Gasteiger partial charge in [0.25, 0.3) is 0 Å². The van der Waals surface area contributed by atoms with E-state index in [1.807, 2.05) is 24.3 Å². The van der Waals surface area contributed by atoms with Crippen LogP contribution in [0.4, 0.5) is 5.69 Å². The zero-order valence-electron chi connectivity index (χ0n) is 12.1. The zero-order chi connectivity index (χ0) is 14.5. The Morgan fingerprint density at radius 2 is 2.00 bits per heavy atom. The predicted molar refractivity (Wildman–Crippen MR) is 80.2 cm³/mol. The summed E-state index contributed by atoms with van der Waals surface area (Å²) in [4.78, 5) is 0. The van der Waals surface area contributed by atoms with Crippen molar-refractivity contribution >= 4 is 5.69 Å². The van der Waals surface area contributed by atoms with Crippen LogP contribution in [0.25, 0.3) is 5.69 Å². The molecular formula is C15H21N5O. The van der Waals surface area contributed by atoms with Crippen LogP contribution in [0.1, 0.15) is 32.1 Å². The number of aliphatic hydroxyl groups is 1. The lowest BCUT2D eigenvalue weighted by Crippen LogP contribution is -2.35. The molecule has 1 fully saturated rings. The summed E-state index contributed by atoms with van der Waals surface area (Å²) >= 11 is 0.